The third-order valence-corrected chi connectivity index (χ3v) is 4.54. The van der Waals surface area contributed by atoms with Crippen LogP contribution in [-0.2, 0) is 30.1 Å². The fourth-order valence-electron chi connectivity index (χ4n) is 1.82. The Morgan fingerprint density at radius 3 is 2.10 bits per heavy atom. The third kappa shape index (κ3) is 9.23. The number of H-pyrrole nitrogens is 1. The summed E-state index contributed by atoms with van der Waals surface area (Å²) >= 11 is 5.66. The van der Waals surface area contributed by atoms with Crippen molar-refractivity contribution < 1.29 is 33.1 Å². The van der Waals surface area contributed by atoms with Crippen molar-refractivity contribution in [3.8, 4) is 0 Å². The molecule has 0 saturated heterocycles. The molecule has 1 atom stereocenters. The summed E-state index contributed by atoms with van der Waals surface area (Å²) in [5, 5.41) is -0.164. The van der Waals surface area contributed by atoms with Gasteiger partial charge >= 0.3 is 31.8 Å². The lowest BCUT2D eigenvalue weighted by Gasteiger charge is -2.13. The lowest BCUT2D eigenvalue weighted by molar-refractivity contribution is -0.0715. The Hall–Kier alpha value is -2.65. The summed E-state index contributed by atoms with van der Waals surface area (Å²) in [5.74, 6) is 0. The second-order valence-electron chi connectivity index (χ2n) is 6.34. The van der Waals surface area contributed by atoms with E-state index in [1.54, 1.807) is 27.7 Å². The van der Waals surface area contributed by atoms with E-state index in [0.29, 0.717) is 0 Å². The number of aromatic nitrogens is 2. The van der Waals surface area contributed by atoms with Gasteiger partial charge in [-0.2, -0.15) is 0 Å². The summed E-state index contributed by atoms with van der Waals surface area (Å²) in [6.45, 7) is 6.35. The minimum atomic E-state index is -2.41. The van der Waals surface area contributed by atoms with E-state index in [0.717, 1.165) is 10.8 Å². The third-order valence-electron chi connectivity index (χ3n) is 3.01. The van der Waals surface area contributed by atoms with Gasteiger partial charge in [0.15, 0.2) is 6.16 Å². The lowest BCUT2D eigenvalue weighted by Crippen LogP contribution is -2.29. The second-order valence-corrected chi connectivity index (χ2v) is 8.36. The first-order chi connectivity index (χ1) is 14.0. The minimum Gasteiger partial charge on any atom is -0.431 e. The predicted octanol–water partition coefficient (Wildman–Crippen LogP) is 2.98. The molecule has 11 nitrogen and oxygen atoms in total. The van der Waals surface area contributed by atoms with E-state index >= 15 is 0 Å². The van der Waals surface area contributed by atoms with Crippen LogP contribution in [0.2, 0.25) is 5.02 Å². The predicted molar refractivity (Wildman–Crippen MR) is 107 cm³/mol. The van der Waals surface area contributed by atoms with Gasteiger partial charge in [-0.3, -0.25) is 14.3 Å². The van der Waals surface area contributed by atoms with Crippen LogP contribution in [0.15, 0.2) is 27.9 Å². The van der Waals surface area contributed by atoms with Crippen molar-refractivity contribution in [2.45, 2.75) is 52.5 Å². The van der Waals surface area contributed by atoms with Crippen LogP contribution in [0.4, 0.5) is 9.59 Å². The largest absolute Gasteiger partial charge is 0.514 e. The van der Waals surface area contributed by atoms with Crippen molar-refractivity contribution >= 4 is 31.7 Å². The number of carbonyl (C=O) groups excluding carboxylic acids is 2. The number of nitrogens with one attached hydrogen (secondary N) is 1. The normalized spacial score (nSPS) is 11.8. The van der Waals surface area contributed by atoms with Gasteiger partial charge < -0.3 is 18.9 Å². The highest BCUT2D eigenvalue weighted by molar-refractivity contribution is 7.45. The molecule has 0 fully saturated rings. The van der Waals surface area contributed by atoms with Crippen LogP contribution in [0, 0.1) is 0 Å². The first-order valence-electron chi connectivity index (χ1n) is 8.82. The van der Waals surface area contributed by atoms with E-state index in [1.165, 1.54) is 12.2 Å². The van der Waals surface area contributed by atoms with Gasteiger partial charge in [-0.1, -0.05) is 22.2 Å². The average molecular weight is 466 g/mol. The molecule has 1 aromatic heterocycles. The molecule has 1 heterocycles. The zero-order valence-electron chi connectivity index (χ0n) is 16.8. The molecule has 1 aromatic rings. The van der Waals surface area contributed by atoms with Crippen molar-refractivity contribution in [3.05, 3.63) is 44.2 Å². The van der Waals surface area contributed by atoms with Crippen molar-refractivity contribution in [2.24, 2.45) is 0 Å². The van der Waals surface area contributed by atoms with Crippen LogP contribution in [0.3, 0.4) is 0 Å². The van der Waals surface area contributed by atoms with Crippen LogP contribution in [-0.4, -0.2) is 46.3 Å². The van der Waals surface area contributed by atoms with Crippen molar-refractivity contribution in [2.75, 3.05) is 6.16 Å². The van der Waals surface area contributed by atoms with Gasteiger partial charge in [0.25, 0.3) is 5.56 Å². The summed E-state index contributed by atoms with van der Waals surface area (Å²) in [5.41, 5.74) is -1.38. The van der Waals surface area contributed by atoms with Crippen molar-refractivity contribution in [1.29, 1.82) is 0 Å². The van der Waals surface area contributed by atoms with Crippen LogP contribution in [0.25, 0.3) is 0 Å². The fourth-order valence-corrected chi connectivity index (χ4v) is 2.92. The zero-order valence-corrected chi connectivity index (χ0v) is 18.5. The number of rotatable bonds is 9. The summed E-state index contributed by atoms with van der Waals surface area (Å²) < 4.78 is 32.8. The maximum absolute atomic E-state index is 12.5. The number of hydrogen-bond donors (Lipinski definition) is 1. The Labute approximate surface area is 177 Å². The fraction of sp³-hybridized carbons (Fsp3) is 0.529. The molecule has 166 valence electrons. The Balaban J connectivity index is 2.77. The smallest absolute Gasteiger partial charge is 0.431 e. The van der Waals surface area contributed by atoms with Gasteiger partial charge in [-0.05, 0) is 33.8 Å². The van der Waals surface area contributed by atoms with E-state index in [9.17, 15) is 23.7 Å². The molecule has 13 heteroatoms. The maximum atomic E-state index is 12.5. The molecule has 0 aliphatic carbocycles. The molecule has 1 rings (SSSR count). The van der Waals surface area contributed by atoms with Gasteiger partial charge in [0, 0.05) is 12.7 Å². The Bertz CT molecular complexity index is 883. The van der Waals surface area contributed by atoms with Gasteiger partial charge in [-0.15, -0.1) is 0 Å². The molecular formula is C17H23ClN2O9P+. The summed E-state index contributed by atoms with van der Waals surface area (Å²) in [6, 6.07) is -1.73. The number of hydrogen-bond acceptors (Lipinski definition) is 9. The topological polar surface area (TPSA) is 143 Å². The van der Waals surface area contributed by atoms with Crippen molar-refractivity contribution in [3.63, 3.8) is 0 Å². The molecule has 0 radical (unpaired) electrons. The van der Waals surface area contributed by atoms with Gasteiger partial charge in [0.05, 0.1) is 12.2 Å². The SMILES string of the molecule is CC(C)OC(=O)OC(OC(=O)OC(C)C)[P+](=O)C/C=C\Cn1cc(Cl)c(=O)[nH]c1=O. The van der Waals surface area contributed by atoms with E-state index < -0.39 is 49.6 Å². The van der Waals surface area contributed by atoms with E-state index in [-0.39, 0.29) is 17.7 Å². The molecule has 30 heavy (non-hydrogen) atoms. The Morgan fingerprint density at radius 2 is 1.60 bits per heavy atom. The van der Waals surface area contributed by atoms with Crippen LogP contribution >= 0.6 is 19.4 Å². The number of halogens is 1. The van der Waals surface area contributed by atoms with Crippen LogP contribution in [0.1, 0.15) is 27.7 Å². The summed E-state index contributed by atoms with van der Waals surface area (Å²) in [4.78, 5) is 48.3. The quantitative estimate of drug-likeness (QED) is 0.252. The van der Waals surface area contributed by atoms with Crippen molar-refractivity contribution in [1.82, 2.24) is 9.55 Å². The molecule has 0 aromatic carbocycles. The number of nitrogens with zero attached hydrogens (tertiary/aromatic N) is 1. The minimum absolute atomic E-state index is 0.0235. The number of carbonyl (C=O) groups is 2. The number of allylic oxidation sites excluding steroid dienone is 2. The second kappa shape index (κ2) is 12.1. The Kier molecular flexibility index (Phi) is 10.3. The highest BCUT2D eigenvalue weighted by Gasteiger charge is 2.38. The van der Waals surface area contributed by atoms with Gasteiger partial charge in [-0.25, -0.2) is 14.4 Å². The van der Waals surface area contributed by atoms with Crippen LogP contribution < -0.4 is 11.2 Å². The first kappa shape index (κ1) is 25.4. The standard InChI is InChI=1S/C17H22ClN2O9P/c1-10(2)26-15(23)28-17(29-16(24)27-11(3)4)30(25)8-6-5-7-20-9-12(18)13(21)19-14(20)22/h5-6,9-11,17H,7-8H2,1-4H3/p+1/b6-5-. The summed E-state index contributed by atoms with van der Waals surface area (Å²) in [6.07, 6.45) is 0.581. The molecule has 0 spiro atoms. The number of aromatic amines is 1. The highest BCUT2D eigenvalue weighted by Crippen LogP contribution is 2.31. The van der Waals surface area contributed by atoms with Gasteiger partial charge in [0.1, 0.15) is 5.02 Å². The lowest BCUT2D eigenvalue weighted by atomic mass is 10.5. The Morgan fingerprint density at radius 1 is 1.07 bits per heavy atom. The van der Waals surface area contributed by atoms with E-state index in [1.807, 2.05) is 4.98 Å². The molecule has 0 aliphatic rings. The molecule has 0 aliphatic heterocycles. The average Bonchev–Trinajstić information content (AvgIpc) is 2.60. The molecule has 0 amide bonds. The molecule has 0 saturated carbocycles. The molecule has 1 unspecified atom stereocenters. The van der Waals surface area contributed by atoms with Crippen LogP contribution in [0.5, 0.6) is 0 Å². The maximum Gasteiger partial charge on any atom is 0.514 e. The van der Waals surface area contributed by atoms with E-state index in [2.05, 4.69) is 0 Å². The first-order valence-corrected chi connectivity index (χ1v) is 10.7. The summed E-state index contributed by atoms with van der Waals surface area (Å²) in [7, 11) is -2.41. The zero-order chi connectivity index (χ0) is 22.8. The molecule has 0 bridgehead atoms. The molecular weight excluding hydrogens is 443 g/mol. The number of ether oxygens (including phenoxy) is 4. The van der Waals surface area contributed by atoms with E-state index in [4.69, 9.17) is 30.5 Å². The van der Waals surface area contributed by atoms with Gasteiger partial charge in [0.2, 0.25) is 0 Å². The monoisotopic (exact) mass is 465 g/mol. The molecule has 1 N–H and O–H groups in total. The highest BCUT2D eigenvalue weighted by atomic mass is 35.5.